The summed E-state index contributed by atoms with van der Waals surface area (Å²) >= 11 is 0. The van der Waals surface area contributed by atoms with Crippen LogP contribution >= 0.6 is 17.0 Å². The lowest BCUT2D eigenvalue weighted by atomic mass is 10.3. The van der Waals surface area contributed by atoms with E-state index in [-0.39, 0.29) is 17.0 Å². The molecule has 0 saturated carbocycles. The predicted molar refractivity (Wildman–Crippen MR) is 35.5 cm³/mol. The highest BCUT2D eigenvalue weighted by atomic mass is 79.9. The zero-order chi connectivity index (χ0) is 4.12. The minimum absolute atomic E-state index is 0. The molecule has 0 heterocycles. The molecule has 0 aromatic carbocycles. The van der Waals surface area contributed by atoms with Crippen molar-refractivity contribution in [2.45, 2.75) is 33.1 Å². The summed E-state index contributed by atoms with van der Waals surface area (Å²) in [7, 11) is 0. The molecule has 0 aliphatic rings. The van der Waals surface area contributed by atoms with Gasteiger partial charge in [0.2, 0.25) is 0 Å². The van der Waals surface area contributed by atoms with Gasteiger partial charge in [-0.25, -0.2) is 0 Å². The lowest BCUT2D eigenvalue weighted by Gasteiger charge is -1.79. The van der Waals surface area contributed by atoms with E-state index >= 15 is 0 Å². The molecule has 0 rings (SSSR count). The Balaban J connectivity index is 0. The fourth-order valence-electron chi connectivity index (χ4n) is 0.354. The summed E-state index contributed by atoms with van der Waals surface area (Å²) in [4.78, 5) is 0. The van der Waals surface area contributed by atoms with Gasteiger partial charge in [0.1, 0.15) is 0 Å². The van der Waals surface area contributed by atoms with Crippen LogP contribution in [0.15, 0.2) is 0 Å². The first-order valence-electron chi connectivity index (χ1n) is 2.41. The quantitative estimate of drug-likeness (QED) is 0.572. The van der Waals surface area contributed by atoms with Crippen molar-refractivity contribution in [3.05, 3.63) is 0 Å². The molecule has 0 radical (unpaired) electrons. The van der Waals surface area contributed by atoms with Crippen molar-refractivity contribution in [3.8, 4) is 0 Å². The Morgan fingerprint density at radius 1 is 1.00 bits per heavy atom. The summed E-state index contributed by atoms with van der Waals surface area (Å²) < 4.78 is 0. The van der Waals surface area contributed by atoms with Gasteiger partial charge in [0.25, 0.3) is 0 Å². The van der Waals surface area contributed by atoms with E-state index in [4.69, 9.17) is 0 Å². The molecule has 1 heteroatoms. The second-order valence-corrected chi connectivity index (χ2v) is 1.35. The molecular weight excluding hydrogens is 140 g/mol. The molecular formula is C5H13Br. The SMILES string of the molecule is Br.CCCCC. The molecule has 0 fully saturated rings. The normalized spacial score (nSPS) is 7.00. The van der Waals surface area contributed by atoms with Crippen molar-refractivity contribution >= 4 is 17.0 Å². The zero-order valence-corrected chi connectivity index (χ0v) is 6.24. The molecule has 0 aliphatic heterocycles. The van der Waals surface area contributed by atoms with Gasteiger partial charge in [0, 0.05) is 0 Å². The first-order valence-corrected chi connectivity index (χ1v) is 2.41. The van der Waals surface area contributed by atoms with Crippen LogP contribution in [0.4, 0.5) is 0 Å². The fraction of sp³-hybridized carbons (Fsp3) is 1.00. The smallest absolute Gasteiger partial charge is 0.0538 e. The highest BCUT2D eigenvalue weighted by molar-refractivity contribution is 8.93. The van der Waals surface area contributed by atoms with Crippen molar-refractivity contribution in [1.29, 1.82) is 0 Å². The van der Waals surface area contributed by atoms with Crippen LogP contribution in [0.2, 0.25) is 0 Å². The number of unbranched alkanes of at least 4 members (excludes halogenated alkanes) is 2. The van der Waals surface area contributed by atoms with E-state index in [9.17, 15) is 0 Å². The fourth-order valence-corrected chi connectivity index (χ4v) is 0.354. The van der Waals surface area contributed by atoms with Gasteiger partial charge in [-0.15, -0.1) is 17.0 Å². The molecule has 0 aromatic heterocycles. The average molecular weight is 153 g/mol. The highest BCUT2D eigenvalue weighted by Gasteiger charge is 1.68. The predicted octanol–water partition coefficient (Wildman–Crippen LogP) is 2.77. The van der Waals surface area contributed by atoms with Crippen LogP contribution in [0.3, 0.4) is 0 Å². The van der Waals surface area contributed by atoms with Crippen LogP contribution in [0.1, 0.15) is 33.1 Å². The first-order chi connectivity index (χ1) is 2.41. The molecule has 0 bridgehead atoms. The summed E-state index contributed by atoms with van der Waals surface area (Å²) in [6.07, 6.45) is 4.08. The number of hydrogen-bond acceptors (Lipinski definition) is 0. The molecule has 40 valence electrons. The third-order valence-electron chi connectivity index (χ3n) is 0.707. The summed E-state index contributed by atoms with van der Waals surface area (Å²) in [6, 6.07) is 0. The minimum atomic E-state index is 0. The Labute approximate surface area is 50.7 Å². The molecule has 0 nitrogen and oxygen atoms in total. The van der Waals surface area contributed by atoms with E-state index in [1.807, 2.05) is 0 Å². The highest BCUT2D eigenvalue weighted by Crippen LogP contribution is 1.88. The van der Waals surface area contributed by atoms with Gasteiger partial charge in [0.05, 0.1) is 0 Å². The lowest BCUT2D eigenvalue weighted by Crippen LogP contribution is -1.59. The molecule has 0 unspecified atom stereocenters. The Morgan fingerprint density at radius 2 is 1.33 bits per heavy atom. The Bertz CT molecular complexity index is 11.4. The van der Waals surface area contributed by atoms with Gasteiger partial charge in [-0.3, -0.25) is 0 Å². The van der Waals surface area contributed by atoms with Crippen LogP contribution in [-0.2, 0) is 0 Å². The van der Waals surface area contributed by atoms with Gasteiger partial charge in [-0.2, -0.15) is 0 Å². The molecule has 6 heavy (non-hydrogen) atoms. The maximum Gasteiger partial charge on any atom is -0.0538 e. The van der Waals surface area contributed by atoms with E-state index in [1.54, 1.807) is 0 Å². The summed E-state index contributed by atoms with van der Waals surface area (Å²) in [5.74, 6) is 0. The van der Waals surface area contributed by atoms with Crippen molar-refractivity contribution < 1.29 is 0 Å². The monoisotopic (exact) mass is 152 g/mol. The van der Waals surface area contributed by atoms with Crippen LogP contribution in [0, 0.1) is 0 Å². The zero-order valence-electron chi connectivity index (χ0n) is 4.53. The van der Waals surface area contributed by atoms with Crippen molar-refractivity contribution in [2.24, 2.45) is 0 Å². The molecule has 0 spiro atoms. The summed E-state index contributed by atoms with van der Waals surface area (Å²) in [6.45, 7) is 4.42. The standard InChI is InChI=1S/C5H12.BrH/c1-3-5-4-2;/h3-5H2,1-2H3;1H. The molecule has 0 amide bonds. The van der Waals surface area contributed by atoms with Gasteiger partial charge in [-0.1, -0.05) is 33.1 Å². The van der Waals surface area contributed by atoms with Gasteiger partial charge < -0.3 is 0 Å². The maximum atomic E-state index is 2.21. The van der Waals surface area contributed by atoms with Crippen molar-refractivity contribution in [3.63, 3.8) is 0 Å². The topological polar surface area (TPSA) is 0 Å². The van der Waals surface area contributed by atoms with Crippen molar-refractivity contribution in [1.82, 2.24) is 0 Å². The molecule has 0 aromatic rings. The second kappa shape index (κ2) is 9.08. The van der Waals surface area contributed by atoms with Gasteiger partial charge in [-0.05, 0) is 0 Å². The third kappa shape index (κ3) is 8.82. The maximum absolute atomic E-state index is 2.21. The van der Waals surface area contributed by atoms with E-state index in [0.717, 1.165) is 0 Å². The lowest BCUT2D eigenvalue weighted by molar-refractivity contribution is 0.772. The van der Waals surface area contributed by atoms with Crippen LogP contribution < -0.4 is 0 Å². The van der Waals surface area contributed by atoms with Crippen LogP contribution in [-0.4, -0.2) is 0 Å². The van der Waals surface area contributed by atoms with E-state index in [0.29, 0.717) is 0 Å². The Kier molecular flexibility index (Phi) is 14.7. The number of rotatable bonds is 2. The van der Waals surface area contributed by atoms with Gasteiger partial charge in [0.15, 0.2) is 0 Å². The first kappa shape index (κ1) is 9.70. The third-order valence-corrected chi connectivity index (χ3v) is 0.707. The summed E-state index contributed by atoms with van der Waals surface area (Å²) in [5, 5.41) is 0. The minimum Gasteiger partial charge on any atom is -0.114 e. The van der Waals surface area contributed by atoms with E-state index in [1.165, 1.54) is 19.3 Å². The molecule has 0 N–H and O–H groups in total. The Hall–Kier alpha value is 0.480. The van der Waals surface area contributed by atoms with Crippen molar-refractivity contribution in [2.75, 3.05) is 0 Å². The van der Waals surface area contributed by atoms with E-state index < -0.39 is 0 Å². The number of hydrogen-bond donors (Lipinski definition) is 0. The second-order valence-electron chi connectivity index (χ2n) is 1.35. The average Bonchev–Trinajstić information content (AvgIpc) is 1.41. The molecule has 0 saturated heterocycles. The molecule has 0 aliphatic carbocycles. The Morgan fingerprint density at radius 3 is 1.33 bits per heavy atom. The van der Waals surface area contributed by atoms with E-state index in [2.05, 4.69) is 13.8 Å². The number of halogens is 1. The summed E-state index contributed by atoms with van der Waals surface area (Å²) in [5.41, 5.74) is 0. The largest absolute Gasteiger partial charge is 0.114 e. The molecule has 0 atom stereocenters. The van der Waals surface area contributed by atoms with Gasteiger partial charge >= 0.3 is 0 Å². The van der Waals surface area contributed by atoms with Crippen LogP contribution in [0.5, 0.6) is 0 Å². The van der Waals surface area contributed by atoms with Crippen LogP contribution in [0.25, 0.3) is 0 Å².